The van der Waals surface area contributed by atoms with Crippen LogP contribution in [0.1, 0.15) is 34.1 Å². The molecule has 0 bridgehead atoms. The Labute approximate surface area is 93.9 Å². The fourth-order valence-electron chi connectivity index (χ4n) is 2.75. The van der Waals surface area contributed by atoms with E-state index in [0.29, 0.717) is 18.1 Å². The first kappa shape index (κ1) is 11.2. The Morgan fingerprint density at radius 1 is 1.13 bits per heavy atom. The van der Waals surface area contributed by atoms with E-state index in [1.54, 1.807) is 0 Å². The molecule has 2 aliphatic heterocycles. The van der Waals surface area contributed by atoms with Gasteiger partial charge in [0, 0.05) is 24.7 Å². The van der Waals surface area contributed by atoms with Gasteiger partial charge in [-0.05, 0) is 26.2 Å². The van der Waals surface area contributed by atoms with Crippen molar-refractivity contribution in [2.45, 2.75) is 52.2 Å². The summed E-state index contributed by atoms with van der Waals surface area (Å²) in [4.78, 5) is 5.24. The molecule has 0 aromatic carbocycles. The maximum Gasteiger partial charge on any atom is 0.0520 e. The molecule has 86 valence electrons. The number of rotatable bonds is 2. The second-order valence-electron chi connectivity index (χ2n) is 5.54. The molecule has 2 unspecified atom stereocenters. The molecule has 0 amide bonds. The normalized spacial score (nSPS) is 32.9. The van der Waals surface area contributed by atoms with Gasteiger partial charge in [-0.3, -0.25) is 9.80 Å². The zero-order chi connectivity index (χ0) is 11.0. The molecule has 2 atom stereocenters. The summed E-state index contributed by atoms with van der Waals surface area (Å²) in [6.45, 7) is 11.7. The minimum absolute atomic E-state index is 0.663. The van der Waals surface area contributed by atoms with E-state index in [9.17, 15) is 0 Å². The maximum atomic E-state index is 2.66. The van der Waals surface area contributed by atoms with E-state index in [2.05, 4.69) is 49.6 Å². The largest absolute Gasteiger partial charge is 0.288 e. The number of hydrogen-bond donors (Lipinski definition) is 0. The Bertz CT molecular complexity index is 245. The smallest absolute Gasteiger partial charge is 0.0520 e. The van der Waals surface area contributed by atoms with E-state index in [1.807, 2.05) is 0 Å². The van der Waals surface area contributed by atoms with Crippen LogP contribution in [0.15, 0.2) is 12.2 Å². The minimum Gasteiger partial charge on any atom is -0.288 e. The lowest BCUT2D eigenvalue weighted by Gasteiger charge is -2.43. The Morgan fingerprint density at radius 3 is 2.47 bits per heavy atom. The van der Waals surface area contributed by atoms with E-state index in [1.165, 1.54) is 13.0 Å². The van der Waals surface area contributed by atoms with Crippen molar-refractivity contribution in [1.82, 2.24) is 9.80 Å². The fraction of sp³-hybridized carbons (Fsp3) is 0.846. The van der Waals surface area contributed by atoms with Crippen molar-refractivity contribution in [3.8, 4) is 0 Å². The van der Waals surface area contributed by atoms with Crippen molar-refractivity contribution in [3.63, 3.8) is 0 Å². The first-order valence-electron chi connectivity index (χ1n) is 6.27. The van der Waals surface area contributed by atoms with Crippen LogP contribution in [0, 0.1) is 5.92 Å². The Kier molecular flexibility index (Phi) is 3.17. The first-order chi connectivity index (χ1) is 7.09. The van der Waals surface area contributed by atoms with Crippen molar-refractivity contribution >= 4 is 0 Å². The third-order valence-corrected chi connectivity index (χ3v) is 3.81. The zero-order valence-corrected chi connectivity index (χ0v) is 10.5. The van der Waals surface area contributed by atoms with Gasteiger partial charge in [-0.1, -0.05) is 26.0 Å². The van der Waals surface area contributed by atoms with Gasteiger partial charge in [0.05, 0.1) is 6.67 Å². The maximum absolute atomic E-state index is 2.66. The van der Waals surface area contributed by atoms with Gasteiger partial charge < -0.3 is 0 Å². The van der Waals surface area contributed by atoms with Crippen LogP contribution in [-0.2, 0) is 0 Å². The molecule has 2 nitrogen and oxygen atoms in total. The summed E-state index contributed by atoms with van der Waals surface area (Å²) in [6.07, 6.45) is 6.14. The predicted molar refractivity (Wildman–Crippen MR) is 64.7 cm³/mol. The van der Waals surface area contributed by atoms with Crippen LogP contribution >= 0.6 is 0 Å². The van der Waals surface area contributed by atoms with Crippen LogP contribution in [0.3, 0.4) is 0 Å². The molecule has 0 aliphatic carbocycles. The highest BCUT2D eigenvalue weighted by atomic mass is 15.4. The molecule has 2 aliphatic rings. The molecule has 0 saturated carbocycles. The number of fused-ring (bicyclic) bond motifs is 1. The van der Waals surface area contributed by atoms with Gasteiger partial charge in [0.15, 0.2) is 0 Å². The summed E-state index contributed by atoms with van der Waals surface area (Å²) in [5.74, 6) is 0.735. The molecular formula is C13H24N2. The van der Waals surface area contributed by atoms with Crippen molar-refractivity contribution in [3.05, 3.63) is 12.2 Å². The van der Waals surface area contributed by atoms with Crippen LogP contribution < -0.4 is 0 Å². The summed E-state index contributed by atoms with van der Waals surface area (Å²) in [5, 5.41) is 0. The van der Waals surface area contributed by atoms with E-state index in [-0.39, 0.29) is 0 Å². The molecule has 0 aromatic rings. The van der Waals surface area contributed by atoms with Gasteiger partial charge in [-0.25, -0.2) is 0 Å². The van der Waals surface area contributed by atoms with E-state index in [4.69, 9.17) is 0 Å². The highest BCUT2D eigenvalue weighted by Crippen LogP contribution is 2.28. The third kappa shape index (κ3) is 2.11. The lowest BCUT2D eigenvalue weighted by molar-refractivity contribution is 0.0188. The van der Waals surface area contributed by atoms with E-state index in [0.717, 1.165) is 12.6 Å². The van der Waals surface area contributed by atoms with Crippen molar-refractivity contribution in [2.75, 3.05) is 13.2 Å². The summed E-state index contributed by atoms with van der Waals surface area (Å²) in [6, 6.07) is 2.06. The van der Waals surface area contributed by atoms with Gasteiger partial charge in [-0.15, -0.1) is 0 Å². The zero-order valence-electron chi connectivity index (χ0n) is 10.5. The van der Waals surface area contributed by atoms with Gasteiger partial charge in [-0.2, -0.15) is 0 Å². The van der Waals surface area contributed by atoms with Crippen molar-refractivity contribution < 1.29 is 0 Å². The molecule has 2 heteroatoms. The van der Waals surface area contributed by atoms with E-state index < -0.39 is 0 Å². The molecule has 1 saturated heterocycles. The first-order valence-corrected chi connectivity index (χ1v) is 6.27. The third-order valence-electron chi connectivity index (χ3n) is 3.81. The van der Waals surface area contributed by atoms with Crippen LogP contribution in [0.2, 0.25) is 0 Å². The van der Waals surface area contributed by atoms with Gasteiger partial charge in [0.2, 0.25) is 0 Å². The Hall–Kier alpha value is -0.340. The average molecular weight is 208 g/mol. The molecule has 2 heterocycles. The lowest BCUT2D eigenvalue weighted by Crippen LogP contribution is -2.53. The topological polar surface area (TPSA) is 6.48 Å². The molecule has 0 N–H and O–H groups in total. The van der Waals surface area contributed by atoms with Crippen LogP contribution in [0.5, 0.6) is 0 Å². The summed E-state index contributed by atoms with van der Waals surface area (Å²) in [5.41, 5.74) is 0. The summed E-state index contributed by atoms with van der Waals surface area (Å²) < 4.78 is 0. The second-order valence-corrected chi connectivity index (χ2v) is 5.54. The minimum atomic E-state index is 0.663. The number of hydrogen-bond acceptors (Lipinski definition) is 2. The van der Waals surface area contributed by atoms with Crippen LogP contribution in [-0.4, -0.2) is 41.1 Å². The second kappa shape index (κ2) is 4.26. The standard InChI is InChI=1S/C13H24N2/c1-10(2)13-6-5-12-7-8-14(11(3)4)9-15(12)13/h5-6,10-13H,7-9H2,1-4H3. The van der Waals surface area contributed by atoms with E-state index >= 15 is 0 Å². The van der Waals surface area contributed by atoms with Crippen LogP contribution in [0.4, 0.5) is 0 Å². The Balaban J connectivity index is 2.03. The van der Waals surface area contributed by atoms with Gasteiger partial charge in [0.1, 0.15) is 0 Å². The predicted octanol–water partition coefficient (Wildman–Crippen LogP) is 2.32. The highest BCUT2D eigenvalue weighted by Gasteiger charge is 2.35. The SMILES string of the molecule is CC(C)C1C=CC2CCN(C(C)C)CN21. The molecule has 15 heavy (non-hydrogen) atoms. The number of nitrogens with zero attached hydrogens (tertiary/aromatic N) is 2. The lowest BCUT2D eigenvalue weighted by atomic mass is 10.0. The van der Waals surface area contributed by atoms with Gasteiger partial charge in [0.25, 0.3) is 0 Å². The van der Waals surface area contributed by atoms with Crippen molar-refractivity contribution in [1.29, 1.82) is 0 Å². The molecule has 0 aromatic heterocycles. The summed E-state index contributed by atoms with van der Waals surface area (Å²) in [7, 11) is 0. The molecule has 2 rings (SSSR count). The molecule has 0 spiro atoms. The van der Waals surface area contributed by atoms with Crippen LogP contribution in [0.25, 0.3) is 0 Å². The highest BCUT2D eigenvalue weighted by molar-refractivity contribution is 5.12. The summed E-state index contributed by atoms with van der Waals surface area (Å²) >= 11 is 0. The fourth-order valence-corrected chi connectivity index (χ4v) is 2.75. The van der Waals surface area contributed by atoms with Crippen molar-refractivity contribution in [2.24, 2.45) is 5.92 Å². The average Bonchev–Trinajstić information content (AvgIpc) is 2.59. The molecular weight excluding hydrogens is 184 g/mol. The monoisotopic (exact) mass is 208 g/mol. The molecule has 0 radical (unpaired) electrons. The quantitative estimate of drug-likeness (QED) is 0.643. The molecule has 1 fully saturated rings. The Morgan fingerprint density at radius 2 is 1.87 bits per heavy atom. The van der Waals surface area contributed by atoms with Gasteiger partial charge >= 0.3 is 0 Å².